The zero-order valence-electron chi connectivity index (χ0n) is 11.3. The first-order valence-electron chi connectivity index (χ1n) is 6.97. The van der Waals surface area contributed by atoms with E-state index in [9.17, 15) is 0 Å². The summed E-state index contributed by atoms with van der Waals surface area (Å²) in [5.74, 6) is 0.618. The van der Waals surface area contributed by atoms with Crippen molar-refractivity contribution < 1.29 is 4.74 Å². The topological polar surface area (TPSA) is 21.3 Å². The molecule has 1 fully saturated rings. The average Bonchev–Trinajstić information content (AvgIpc) is 2.37. The molecule has 0 amide bonds. The van der Waals surface area contributed by atoms with E-state index in [1.807, 2.05) is 18.2 Å². The van der Waals surface area contributed by atoms with Crippen LogP contribution in [0.15, 0.2) is 36.9 Å². The third kappa shape index (κ3) is 4.34. The Kier molecular flexibility index (Phi) is 5.90. The van der Waals surface area contributed by atoms with Gasteiger partial charge in [-0.15, -0.1) is 6.58 Å². The van der Waals surface area contributed by atoms with Crippen molar-refractivity contribution >= 4 is 11.6 Å². The Hall–Kier alpha value is -0.830. The molecule has 0 unspecified atom stereocenters. The molecule has 3 heteroatoms. The Bertz CT molecular complexity index is 401. The first-order chi connectivity index (χ1) is 9.31. The number of nitrogens with one attached hydrogen (secondary N) is 1. The quantitative estimate of drug-likeness (QED) is 0.578. The van der Waals surface area contributed by atoms with Crippen molar-refractivity contribution in [2.75, 3.05) is 19.8 Å². The van der Waals surface area contributed by atoms with Crippen molar-refractivity contribution in [1.29, 1.82) is 0 Å². The SMILES string of the molecule is C=CCCOCCNC1CC(c2ccccc2Cl)C1. The molecular weight excluding hydrogens is 258 g/mol. The predicted octanol–water partition coefficient (Wildman–Crippen LogP) is 3.77. The van der Waals surface area contributed by atoms with E-state index >= 15 is 0 Å². The highest BCUT2D eigenvalue weighted by molar-refractivity contribution is 6.31. The van der Waals surface area contributed by atoms with Crippen LogP contribution in [0.1, 0.15) is 30.7 Å². The summed E-state index contributed by atoms with van der Waals surface area (Å²) in [5.41, 5.74) is 1.30. The largest absolute Gasteiger partial charge is 0.380 e. The van der Waals surface area contributed by atoms with Crippen LogP contribution in [-0.2, 0) is 4.74 Å². The number of hydrogen-bond acceptors (Lipinski definition) is 2. The monoisotopic (exact) mass is 279 g/mol. The van der Waals surface area contributed by atoms with E-state index < -0.39 is 0 Å². The van der Waals surface area contributed by atoms with Crippen LogP contribution in [0.2, 0.25) is 5.02 Å². The third-order valence-corrected chi connectivity index (χ3v) is 3.97. The maximum Gasteiger partial charge on any atom is 0.0591 e. The molecule has 1 saturated carbocycles. The summed E-state index contributed by atoms with van der Waals surface area (Å²) < 4.78 is 5.47. The van der Waals surface area contributed by atoms with Gasteiger partial charge in [-0.3, -0.25) is 0 Å². The molecule has 2 nitrogen and oxygen atoms in total. The summed E-state index contributed by atoms with van der Waals surface area (Å²) >= 11 is 6.21. The molecule has 1 aromatic rings. The molecule has 0 heterocycles. The maximum atomic E-state index is 6.21. The molecule has 0 radical (unpaired) electrons. The molecule has 2 rings (SSSR count). The normalized spacial score (nSPS) is 21.9. The van der Waals surface area contributed by atoms with Gasteiger partial charge in [0, 0.05) is 17.6 Å². The lowest BCUT2D eigenvalue weighted by Gasteiger charge is -2.36. The summed E-state index contributed by atoms with van der Waals surface area (Å²) in [5, 5.41) is 4.42. The van der Waals surface area contributed by atoms with Crippen LogP contribution in [-0.4, -0.2) is 25.8 Å². The van der Waals surface area contributed by atoms with Crippen LogP contribution in [0.3, 0.4) is 0 Å². The highest BCUT2D eigenvalue weighted by atomic mass is 35.5. The second-order valence-electron chi connectivity index (χ2n) is 5.03. The minimum absolute atomic E-state index is 0.615. The van der Waals surface area contributed by atoms with E-state index in [0.717, 1.165) is 31.2 Å². The van der Waals surface area contributed by atoms with Crippen molar-refractivity contribution in [2.24, 2.45) is 0 Å². The van der Waals surface area contributed by atoms with Gasteiger partial charge in [0.25, 0.3) is 0 Å². The van der Waals surface area contributed by atoms with Crippen molar-refractivity contribution in [3.8, 4) is 0 Å². The van der Waals surface area contributed by atoms with Gasteiger partial charge in [-0.2, -0.15) is 0 Å². The van der Waals surface area contributed by atoms with Crippen molar-refractivity contribution in [3.05, 3.63) is 47.5 Å². The molecule has 1 aliphatic carbocycles. The molecule has 1 aliphatic rings. The lowest BCUT2D eigenvalue weighted by molar-refractivity contribution is 0.133. The van der Waals surface area contributed by atoms with Crippen LogP contribution in [0.25, 0.3) is 0 Å². The molecule has 0 aliphatic heterocycles. The zero-order valence-corrected chi connectivity index (χ0v) is 12.0. The van der Waals surface area contributed by atoms with E-state index in [2.05, 4.69) is 24.0 Å². The van der Waals surface area contributed by atoms with Gasteiger partial charge < -0.3 is 10.1 Å². The Morgan fingerprint density at radius 3 is 2.84 bits per heavy atom. The van der Waals surface area contributed by atoms with Gasteiger partial charge >= 0.3 is 0 Å². The molecule has 0 atom stereocenters. The van der Waals surface area contributed by atoms with Crippen LogP contribution in [0.4, 0.5) is 0 Å². The van der Waals surface area contributed by atoms with E-state index in [1.54, 1.807) is 0 Å². The molecule has 0 aromatic heterocycles. The Morgan fingerprint density at radius 2 is 2.11 bits per heavy atom. The fourth-order valence-corrected chi connectivity index (χ4v) is 2.74. The van der Waals surface area contributed by atoms with Crippen molar-refractivity contribution in [3.63, 3.8) is 0 Å². The van der Waals surface area contributed by atoms with Gasteiger partial charge in [-0.05, 0) is 36.8 Å². The highest BCUT2D eigenvalue weighted by Crippen LogP contribution is 2.39. The van der Waals surface area contributed by atoms with E-state index in [0.29, 0.717) is 12.0 Å². The van der Waals surface area contributed by atoms with E-state index in [-0.39, 0.29) is 0 Å². The Morgan fingerprint density at radius 1 is 1.32 bits per heavy atom. The summed E-state index contributed by atoms with van der Waals surface area (Å²) in [6.07, 6.45) is 5.17. The zero-order chi connectivity index (χ0) is 13.5. The fraction of sp³-hybridized carbons (Fsp3) is 0.500. The highest BCUT2D eigenvalue weighted by Gasteiger charge is 2.30. The molecular formula is C16H22ClNO. The maximum absolute atomic E-state index is 6.21. The molecule has 0 saturated heterocycles. The van der Waals surface area contributed by atoms with E-state index in [1.165, 1.54) is 18.4 Å². The van der Waals surface area contributed by atoms with Crippen LogP contribution in [0, 0.1) is 0 Å². The summed E-state index contributed by atoms with van der Waals surface area (Å²) in [6, 6.07) is 8.78. The summed E-state index contributed by atoms with van der Waals surface area (Å²) in [6.45, 7) is 6.15. The Balaban J connectivity index is 1.59. The molecule has 19 heavy (non-hydrogen) atoms. The first kappa shape index (κ1) is 14.6. The molecule has 1 aromatic carbocycles. The molecule has 0 bridgehead atoms. The van der Waals surface area contributed by atoms with Gasteiger partial charge in [-0.25, -0.2) is 0 Å². The average molecular weight is 280 g/mol. The minimum atomic E-state index is 0.615. The van der Waals surface area contributed by atoms with Crippen LogP contribution < -0.4 is 5.32 Å². The number of halogens is 1. The Labute approximate surface area is 120 Å². The predicted molar refractivity (Wildman–Crippen MR) is 80.9 cm³/mol. The summed E-state index contributed by atoms with van der Waals surface area (Å²) in [4.78, 5) is 0. The molecule has 1 N–H and O–H groups in total. The third-order valence-electron chi connectivity index (χ3n) is 3.63. The first-order valence-corrected chi connectivity index (χ1v) is 7.35. The van der Waals surface area contributed by atoms with E-state index in [4.69, 9.17) is 16.3 Å². The number of hydrogen-bond donors (Lipinski definition) is 1. The number of benzene rings is 1. The van der Waals surface area contributed by atoms with Crippen molar-refractivity contribution in [1.82, 2.24) is 5.32 Å². The van der Waals surface area contributed by atoms with Crippen LogP contribution in [0.5, 0.6) is 0 Å². The van der Waals surface area contributed by atoms with Gasteiger partial charge in [0.05, 0.1) is 13.2 Å². The van der Waals surface area contributed by atoms with Gasteiger partial charge in [0.15, 0.2) is 0 Å². The smallest absolute Gasteiger partial charge is 0.0591 e. The number of rotatable bonds is 8. The number of ether oxygens (including phenoxy) is 1. The molecule has 0 spiro atoms. The lowest BCUT2D eigenvalue weighted by atomic mass is 9.76. The fourth-order valence-electron chi connectivity index (χ4n) is 2.45. The van der Waals surface area contributed by atoms with Crippen molar-refractivity contribution in [2.45, 2.75) is 31.2 Å². The minimum Gasteiger partial charge on any atom is -0.380 e. The lowest BCUT2D eigenvalue weighted by Crippen LogP contribution is -2.41. The van der Waals surface area contributed by atoms with Gasteiger partial charge in [0.1, 0.15) is 0 Å². The van der Waals surface area contributed by atoms with Gasteiger partial charge in [0.2, 0.25) is 0 Å². The molecule has 104 valence electrons. The standard InChI is InChI=1S/C16H22ClNO/c1-2-3-9-19-10-8-18-14-11-13(12-14)15-6-4-5-7-16(15)17/h2,4-7,13-14,18H,1,3,8-12H2. The van der Waals surface area contributed by atoms with Gasteiger partial charge in [-0.1, -0.05) is 35.9 Å². The second kappa shape index (κ2) is 7.68. The summed E-state index contributed by atoms with van der Waals surface area (Å²) in [7, 11) is 0. The van der Waals surface area contributed by atoms with Crippen LogP contribution >= 0.6 is 11.6 Å². The second-order valence-corrected chi connectivity index (χ2v) is 5.44.